The summed E-state index contributed by atoms with van der Waals surface area (Å²) in [4.78, 5) is 24.2. The zero-order valence-corrected chi connectivity index (χ0v) is 16.9. The summed E-state index contributed by atoms with van der Waals surface area (Å²) in [7, 11) is 0. The fraction of sp³-hybridized carbons (Fsp3) is 0.120. The van der Waals surface area contributed by atoms with E-state index in [-0.39, 0.29) is 5.78 Å². The van der Waals surface area contributed by atoms with Crippen LogP contribution in [-0.2, 0) is 10.6 Å². The summed E-state index contributed by atoms with van der Waals surface area (Å²) in [6.07, 6.45) is 2.90. The number of oxime groups is 1. The van der Waals surface area contributed by atoms with Crippen LogP contribution in [-0.4, -0.2) is 26.3 Å². The third-order valence-electron chi connectivity index (χ3n) is 5.55. The Balaban J connectivity index is 1.73. The minimum absolute atomic E-state index is 0.238. The van der Waals surface area contributed by atoms with Crippen LogP contribution in [0, 0.1) is 6.92 Å². The number of benzene rings is 3. The van der Waals surface area contributed by atoms with Gasteiger partial charge in [-0.15, -0.1) is 0 Å². The lowest BCUT2D eigenvalue weighted by Gasteiger charge is -2.32. The van der Waals surface area contributed by atoms with Crippen molar-refractivity contribution in [2.75, 3.05) is 0 Å². The van der Waals surface area contributed by atoms with Crippen molar-refractivity contribution in [1.82, 2.24) is 14.8 Å². The second-order valence-corrected chi connectivity index (χ2v) is 7.51. The van der Waals surface area contributed by atoms with Crippen LogP contribution in [0.5, 0.6) is 0 Å². The zero-order valence-electron chi connectivity index (χ0n) is 16.9. The van der Waals surface area contributed by atoms with Gasteiger partial charge in [0.15, 0.2) is 0 Å². The molecule has 0 radical (unpaired) electrons. The Kier molecular flexibility index (Phi) is 4.67. The van der Waals surface area contributed by atoms with Gasteiger partial charge < -0.3 is 4.84 Å². The number of carbonyl (C=O) groups is 1. The van der Waals surface area contributed by atoms with Crippen molar-refractivity contribution in [3.63, 3.8) is 0 Å². The smallest absolute Gasteiger partial charge is 0.305 e. The molecular formula is C25H20N4O2. The van der Waals surface area contributed by atoms with Gasteiger partial charge >= 0.3 is 5.72 Å². The van der Waals surface area contributed by atoms with Crippen molar-refractivity contribution >= 4 is 11.5 Å². The molecule has 2 unspecified atom stereocenters. The van der Waals surface area contributed by atoms with E-state index in [2.05, 4.69) is 15.2 Å². The Morgan fingerprint density at radius 1 is 0.935 bits per heavy atom. The van der Waals surface area contributed by atoms with Gasteiger partial charge in [-0.3, -0.25) is 4.79 Å². The van der Waals surface area contributed by atoms with Crippen LogP contribution in [0.15, 0.2) is 103 Å². The van der Waals surface area contributed by atoms with Gasteiger partial charge in [-0.05, 0) is 12.5 Å². The van der Waals surface area contributed by atoms with E-state index in [0.717, 1.165) is 16.7 Å². The molecule has 6 nitrogen and oxygen atoms in total. The first-order chi connectivity index (χ1) is 15.2. The van der Waals surface area contributed by atoms with Crippen molar-refractivity contribution in [2.45, 2.75) is 18.6 Å². The van der Waals surface area contributed by atoms with Gasteiger partial charge in [0, 0.05) is 11.1 Å². The number of Topliss-reactive ketones (excluding diaryl/α,β-unsaturated/α-hetero) is 1. The Morgan fingerprint density at radius 3 is 2.26 bits per heavy atom. The first-order valence-electron chi connectivity index (χ1n) is 10.0. The van der Waals surface area contributed by atoms with Crippen molar-refractivity contribution in [3.8, 4) is 0 Å². The highest BCUT2D eigenvalue weighted by Gasteiger charge is 2.58. The van der Waals surface area contributed by atoms with E-state index in [9.17, 15) is 4.79 Å². The van der Waals surface area contributed by atoms with Crippen LogP contribution < -0.4 is 0 Å². The monoisotopic (exact) mass is 408 g/mol. The standard InChI is InChI=1S/C25H20N4O2/c1-18-12-14-20(15-13-18)23-22(19-8-4-2-5-9-19)25(31-28-23,29-17-26-16-27-29)24(30)21-10-6-3-7-11-21/h2-17,22H,1H3. The summed E-state index contributed by atoms with van der Waals surface area (Å²) in [6.45, 7) is 2.03. The minimum atomic E-state index is -1.53. The average molecular weight is 408 g/mol. The van der Waals surface area contributed by atoms with Crippen molar-refractivity contribution in [2.24, 2.45) is 5.16 Å². The van der Waals surface area contributed by atoms with E-state index in [1.165, 1.54) is 17.3 Å². The number of carbonyl (C=O) groups excluding carboxylic acids is 1. The van der Waals surface area contributed by atoms with Crippen molar-refractivity contribution in [3.05, 3.63) is 120 Å². The number of rotatable bonds is 5. The second-order valence-electron chi connectivity index (χ2n) is 7.51. The van der Waals surface area contributed by atoms with E-state index in [1.807, 2.05) is 79.7 Å². The maximum Gasteiger partial charge on any atom is 0.305 e. The normalized spacial score (nSPS) is 20.2. The summed E-state index contributed by atoms with van der Waals surface area (Å²) in [5, 5.41) is 8.78. The van der Waals surface area contributed by atoms with Crippen LogP contribution in [0.3, 0.4) is 0 Å². The van der Waals surface area contributed by atoms with Crippen LogP contribution in [0.4, 0.5) is 0 Å². The van der Waals surface area contributed by atoms with Crippen molar-refractivity contribution < 1.29 is 9.63 Å². The summed E-state index contributed by atoms with van der Waals surface area (Å²) < 4.78 is 1.48. The topological polar surface area (TPSA) is 69.4 Å². The number of hydrogen-bond donors (Lipinski definition) is 0. The number of hydrogen-bond acceptors (Lipinski definition) is 5. The van der Waals surface area contributed by atoms with E-state index in [4.69, 9.17) is 4.84 Å². The molecule has 0 N–H and O–H groups in total. The highest BCUT2D eigenvalue weighted by Crippen LogP contribution is 2.45. The molecule has 2 heterocycles. The molecule has 3 aromatic carbocycles. The lowest BCUT2D eigenvalue weighted by molar-refractivity contribution is -0.0711. The molecule has 1 aliphatic rings. The van der Waals surface area contributed by atoms with E-state index < -0.39 is 11.6 Å². The molecule has 1 aromatic heterocycles. The molecule has 0 saturated heterocycles. The third-order valence-corrected chi connectivity index (χ3v) is 5.55. The molecule has 6 heteroatoms. The highest BCUT2D eigenvalue weighted by molar-refractivity contribution is 6.13. The van der Waals surface area contributed by atoms with E-state index in [1.54, 1.807) is 12.1 Å². The summed E-state index contributed by atoms with van der Waals surface area (Å²) >= 11 is 0. The van der Waals surface area contributed by atoms with Gasteiger partial charge in [0.25, 0.3) is 0 Å². The maximum atomic E-state index is 14.0. The molecule has 0 bridgehead atoms. The summed E-state index contributed by atoms with van der Waals surface area (Å²) in [6, 6.07) is 26.9. The fourth-order valence-electron chi connectivity index (χ4n) is 4.01. The van der Waals surface area contributed by atoms with Crippen LogP contribution in [0.25, 0.3) is 0 Å². The molecule has 0 saturated carbocycles. The Hall–Kier alpha value is -4.06. The van der Waals surface area contributed by atoms with Gasteiger partial charge in [0.1, 0.15) is 24.3 Å². The van der Waals surface area contributed by atoms with Gasteiger partial charge in [0.2, 0.25) is 5.78 Å². The van der Waals surface area contributed by atoms with Crippen LogP contribution in [0.1, 0.15) is 33.0 Å². The Bertz CT molecular complexity index is 1220. The van der Waals surface area contributed by atoms with Gasteiger partial charge in [-0.25, -0.2) is 9.67 Å². The molecule has 2 atom stereocenters. The molecule has 4 aromatic rings. The van der Waals surface area contributed by atoms with Crippen LogP contribution >= 0.6 is 0 Å². The molecule has 1 aliphatic heterocycles. The van der Waals surface area contributed by atoms with E-state index in [0.29, 0.717) is 11.3 Å². The zero-order chi connectivity index (χ0) is 21.3. The lowest BCUT2D eigenvalue weighted by atomic mass is 9.78. The SMILES string of the molecule is Cc1ccc(C2=NOC(C(=O)c3ccccc3)(n3cncn3)C2c2ccccc2)cc1. The van der Waals surface area contributed by atoms with Gasteiger partial charge in [0.05, 0.1) is 0 Å². The molecule has 152 valence electrons. The quantitative estimate of drug-likeness (QED) is 0.461. The summed E-state index contributed by atoms with van der Waals surface area (Å²) in [5.41, 5.74) is 2.59. The summed E-state index contributed by atoms with van der Waals surface area (Å²) in [5.74, 6) is -0.760. The molecular weight excluding hydrogens is 388 g/mol. The number of ketones is 1. The first kappa shape index (κ1) is 18.9. The fourth-order valence-corrected chi connectivity index (χ4v) is 4.01. The molecule has 5 rings (SSSR count). The predicted octanol–water partition coefficient (Wildman–Crippen LogP) is 4.34. The second kappa shape index (κ2) is 7.65. The molecule has 0 fully saturated rings. The number of aromatic nitrogens is 3. The predicted molar refractivity (Wildman–Crippen MR) is 117 cm³/mol. The first-order valence-corrected chi connectivity index (χ1v) is 10.0. The van der Waals surface area contributed by atoms with E-state index >= 15 is 0 Å². The van der Waals surface area contributed by atoms with Crippen LogP contribution in [0.2, 0.25) is 0 Å². The maximum absolute atomic E-state index is 14.0. The highest BCUT2D eigenvalue weighted by atomic mass is 16.7. The number of nitrogens with zero attached hydrogens (tertiary/aromatic N) is 4. The molecule has 0 amide bonds. The average Bonchev–Trinajstić information content (AvgIpc) is 3.49. The largest absolute Gasteiger partial charge is 0.355 e. The molecule has 0 aliphatic carbocycles. The van der Waals surface area contributed by atoms with Crippen molar-refractivity contribution in [1.29, 1.82) is 0 Å². The Morgan fingerprint density at radius 2 is 1.61 bits per heavy atom. The number of aryl methyl sites for hydroxylation is 1. The molecule has 0 spiro atoms. The lowest BCUT2D eigenvalue weighted by Crippen LogP contribution is -2.48. The minimum Gasteiger partial charge on any atom is -0.355 e. The van der Waals surface area contributed by atoms with Gasteiger partial charge in [-0.2, -0.15) is 5.10 Å². The molecule has 31 heavy (non-hydrogen) atoms. The third kappa shape index (κ3) is 3.13. The van der Waals surface area contributed by atoms with Gasteiger partial charge in [-0.1, -0.05) is 95.6 Å². The Labute approximate surface area is 179 Å².